The SMILES string of the molecule is Cc1ccc(CNC2CCSC2)cn1. The Labute approximate surface area is 89.5 Å². The number of nitrogens with one attached hydrogen (secondary N) is 1. The fourth-order valence-electron chi connectivity index (χ4n) is 1.56. The van der Waals surface area contributed by atoms with Gasteiger partial charge in [-0.25, -0.2) is 0 Å². The molecule has 0 radical (unpaired) electrons. The Morgan fingerprint density at radius 1 is 1.57 bits per heavy atom. The number of rotatable bonds is 3. The van der Waals surface area contributed by atoms with Gasteiger partial charge in [-0.2, -0.15) is 11.8 Å². The Balaban J connectivity index is 1.82. The van der Waals surface area contributed by atoms with Gasteiger partial charge in [-0.15, -0.1) is 0 Å². The highest BCUT2D eigenvalue weighted by molar-refractivity contribution is 7.99. The number of thioether (sulfide) groups is 1. The number of aryl methyl sites for hydroxylation is 1. The molecule has 1 aromatic rings. The third kappa shape index (κ3) is 2.72. The van der Waals surface area contributed by atoms with E-state index in [1.54, 1.807) is 0 Å². The minimum absolute atomic E-state index is 0.710. The van der Waals surface area contributed by atoms with Gasteiger partial charge in [-0.1, -0.05) is 6.07 Å². The molecule has 0 aliphatic carbocycles. The van der Waals surface area contributed by atoms with Gasteiger partial charge in [0, 0.05) is 30.2 Å². The second kappa shape index (κ2) is 4.80. The molecular formula is C11H16N2S. The van der Waals surface area contributed by atoms with Crippen molar-refractivity contribution in [1.29, 1.82) is 0 Å². The fraction of sp³-hybridized carbons (Fsp3) is 0.545. The lowest BCUT2D eigenvalue weighted by molar-refractivity contribution is 0.557. The summed E-state index contributed by atoms with van der Waals surface area (Å²) in [6.45, 7) is 2.98. The maximum Gasteiger partial charge on any atom is 0.0372 e. The van der Waals surface area contributed by atoms with E-state index in [0.29, 0.717) is 6.04 Å². The van der Waals surface area contributed by atoms with E-state index in [9.17, 15) is 0 Å². The number of nitrogens with zero attached hydrogens (tertiary/aromatic N) is 1. The summed E-state index contributed by atoms with van der Waals surface area (Å²) in [5, 5.41) is 3.56. The van der Waals surface area contributed by atoms with Gasteiger partial charge in [0.2, 0.25) is 0 Å². The average Bonchev–Trinajstić information content (AvgIpc) is 2.70. The molecule has 1 unspecified atom stereocenters. The molecule has 2 heterocycles. The molecule has 1 aromatic heterocycles. The Morgan fingerprint density at radius 3 is 3.14 bits per heavy atom. The molecule has 14 heavy (non-hydrogen) atoms. The second-order valence-corrected chi connectivity index (χ2v) is 4.90. The summed E-state index contributed by atoms with van der Waals surface area (Å²) in [4.78, 5) is 4.28. The summed E-state index contributed by atoms with van der Waals surface area (Å²) in [6.07, 6.45) is 3.27. The van der Waals surface area contributed by atoms with Crippen LogP contribution in [0.3, 0.4) is 0 Å². The van der Waals surface area contributed by atoms with Crippen LogP contribution in [0.5, 0.6) is 0 Å². The molecule has 0 spiro atoms. The molecule has 76 valence electrons. The van der Waals surface area contributed by atoms with Gasteiger partial charge >= 0.3 is 0 Å². The first kappa shape index (κ1) is 9.99. The van der Waals surface area contributed by atoms with Crippen LogP contribution in [-0.2, 0) is 6.54 Å². The predicted molar refractivity (Wildman–Crippen MR) is 61.5 cm³/mol. The van der Waals surface area contributed by atoms with Crippen LogP contribution >= 0.6 is 11.8 Å². The van der Waals surface area contributed by atoms with Crippen LogP contribution in [0.4, 0.5) is 0 Å². The molecule has 2 rings (SSSR count). The van der Waals surface area contributed by atoms with Crippen LogP contribution < -0.4 is 5.32 Å². The molecule has 1 fully saturated rings. The van der Waals surface area contributed by atoms with Crippen LogP contribution in [-0.4, -0.2) is 22.5 Å². The Morgan fingerprint density at radius 2 is 2.50 bits per heavy atom. The quantitative estimate of drug-likeness (QED) is 0.822. The molecule has 1 aliphatic heterocycles. The van der Waals surface area contributed by atoms with Crippen molar-refractivity contribution in [1.82, 2.24) is 10.3 Å². The van der Waals surface area contributed by atoms with E-state index in [1.807, 2.05) is 24.9 Å². The van der Waals surface area contributed by atoms with Crippen molar-refractivity contribution in [2.24, 2.45) is 0 Å². The van der Waals surface area contributed by atoms with Crippen LogP contribution in [0, 0.1) is 6.92 Å². The first-order valence-corrected chi connectivity index (χ1v) is 6.23. The largest absolute Gasteiger partial charge is 0.309 e. The smallest absolute Gasteiger partial charge is 0.0372 e. The topological polar surface area (TPSA) is 24.9 Å². The molecule has 3 heteroatoms. The molecule has 1 saturated heterocycles. The van der Waals surface area contributed by atoms with E-state index in [4.69, 9.17) is 0 Å². The molecule has 1 N–H and O–H groups in total. The van der Waals surface area contributed by atoms with E-state index in [2.05, 4.69) is 22.4 Å². The Kier molecular flexibility index (Phi) is 3.43. The van der Waals surface area contributed by atoms with Gasteiger partial charge in [-0.3, -0.25) is 4.98 Å². The molecule has 1 aliphatic rings. The third-order valence-electron chi connectivity index (χ3n) is 2.50. The van der Waals surface area contributed by atoms with Gasteiger partial charge in [0.1, 0.15) is 0 Å². The van der Waals surface area contributed by atoms with Gasteiger partial charge in [-0.05, 0) is 30.7 Å². The van der Waals surface area contributed by atoms with Crippen molar-refractivity contribution in [3.05, 3.63) is 29.6 Å². The molecule has 0 amide bonds. The maximum atomic E-state index is 4.28. The van der Waals surface area contributed by atoms with Gasteiger partial charge < -0.3 is 5.32 Å². The first-order valence-electron chi connectivity index (χ1n) is 5.07. The minimum atomic E-state index is 0.710. The van der Waals surface area contributed by atoms with Crippen molar-refractivity contribution in [3.8, 4) is 0 Å². The van der Waals surface area contributed by atoms with Gasteiger partial charge in [0.25, 0.3) is 0 Å². The fourth-order valence-corrected chi connectivity index (χ4v) is 2.75. The average molecular weight is 208 g/mol. The van der Waals surface area contributed by atoms with Crippen molar-refractivity contribution in [2.75, 3.05) is 11.5 Å². The number of pyridine rings is 1. The summed E-state index contributed by atoms with van der Waals surface area (Å²) in [5.74, 6) is 2.57. The number of hydrogen-bond donors (Lipinski definition) is 1. The molecular weight excluding hydrogens is 192 g/mol. The zero-order chi connectivity index (χ0) is 9.80. The second-order valence-electron chi connectivity index (χ2n) is 3.75. The van der Waals surface area contributed by atoms with Gasteiger partial charge in [0.15, 0.2) is 0 Å². The number of hydrogen-bond acceptors (Lipinski definition) is 3. The lowest BCUT2D eigenvalue weighted by Gasteiger charge is -2.10. The van der Waals surface area contributed by atoms with Crippen molar-refractivity contribution in [3.63, 3.8) is 0 Å². The maximum absolute atomic E-state index is 4.28. The zero-order valence-electron chi connectivity index (χ0n) is 8.49. The molecule has 2 nitrogen and oxygen atoms in total. The van der Waals surface area contributed by atoms with E-state index in [1.165, 1.54) is 23.5 Å². The van der Waals surface area contributed by atoms with Crippen LogP contribution in [0.1, 0.15) is 17.7 Å². The van der Waals surface area contributed by atoms with E-state index in [0.717, 1.165) is 12.2 Å². The Hall–Kier alpha value is -0.540. The summed E-state index contributed by atoms with van der Waals surface area (Å²) >= 11 is 2.04. The van der Waals surface area contributed by atoms with Gasteiger partial charge in [0.05, 0.1) is 0 Å². The van der Waals surface area contributed by atoms with E-state index < -0.39 is 0 Å². The first-order chi connectivity index (χ1) is 6.84. The van der Waals surface area contributed by atoms with Crippen LogP contribution in [0.2, 0.25) is 0 Å². The van der Waals surface area contributed by atoms with Crippen molar-refractivity contribution < 1.29 is 0 Å². The third-order valence-corrected chi connectivity index (χ3v) is 3.66. The summed E-state index contributed by atoms with van der Waals surface area (Å²) in [5.41, 5.74) is 2.37. The standard InChI is InChI=1S/C11H16N2S/c1-9-2-3-10(6-12-9)7-13-11-4-5-14-8-11/h2-3,6,11,13H,4-5,7-8H2,1H3. The molecule has 0 aromatic carbocycles. The highest BCUT2D eigenvalue weighted by Crippen LogP contribution is 2.17. The zero-order valence-corrected chi connectivity index (χ0v) is 9.31. The minimum Gasteiger partial charge on any atom is -0.309 e. The van der Waals surface area contributed by atoms with E-state index >= 15 is 0 Å². The number of aromatic nitrogens is 1. The lowest BCUT2D eigenvalue weighted by Crippen LogP contribution is -2.27. The monoisotopic (exact) mass is 208 g/mol. The highest BCUT2D eigenvalue weighted by Gasteiger charge is 2.13. The summed E-state index contributed by atoms with van der Waals surface area (Å²) < 4.78 is 0. The lowest BCUT2D eigenvalue weighted by atomic mass is 10.2. The normalized spacial score (nSPS) is 21.4. The van der Waals surface area contributed by atoms with E-state index in [-0.39, 0.29) is 0 Å². The highest BCUT2D eigenvalue weighted by atomic mass is 32.2. The Bertz CT molecular complexity index is 278. The molecule has 1 atom stereocenters. The summed E-state index contributed by atoms with van der Waals surface area (Å²) in [7, 11) is 0. The summed E-state index contributed by atoms with van der Waals surface area (Å²) in [6, 6.07) is 4.93. The predicted octanol–water partition coefficient (Wildman–Crippen LogP) is 1.99. The molecule has 0 bridgehead atoms. The van der Waals surface area contributed by atoms with Crippen LogP contribution in [0.15, 0.2) is 18.3 Å². The van der Waals surface area contributed by atoms with Crippen molar-refractivity contribution >= 4 is 11.8 Å². The van der Waals surface area contributed by atoms with Crippen LogP contribution in [0.25, 0.3) is 0 Å². The van der Waals surface area contributed by atoms with Crippen molar-refractivity contribution in [2.45, 2.75) is 25.9 Å². The molecule has 0 saturated carbocycles.